The first-order valence-electron chi connectivity index (χ1n) is 13.1. The van der Waals surface area contributed by atoms with Crippen molar-refractivity contribution >= 4 is 43.6 Å². The van der Waals surface area contributed by atoms with Crippen LogP contribution >= 0.6 is 0 Å². The lowest BCUT2D eigenvalue weighted by molar-refractivity contribution is 1.18. The van der Waals surface area contributed by atoms with Crippen LogP contribution in [0.4, 0.5) is 0 Å². The van der Waals surface area contributed by atoms with E-state index in [9.17, 15) is 0 Å². The van der Waals surface area contributed by atoms with Gasteiger partial charge >= 0.3 is 0 Å². The Labute approximate surface area is 224 Å². The lowest BCUT2D eigenvalue weighted by Crippen LogP contribution is -1.95. The summed E-state index contributed by atoms with van der Waals surface area (Å²) in [6, 6.07) is 43.3. The van der Waals surface area contributed by atoms with Gasteiger partial charge in [-0.15, -0.1) is 0 Å². The molecule has 0 bridgehead atoms. The Morgan fingerprint density at radius 3 is 2.41 bits per heavy atom. The van der Waals surface area contributed by atoms with Gasteiger partial charge in [0.1, 0.15) is 0 Å². The first-order chi connectivity index (χ1) is 19.4. The Kier molecular flexibility index (Phi) is 3.98. The molecule has 3 heterocycles. The van der Waals surface area contributed by atoms with Crippen LogP contribution in [0.2, 0.25) is 0 Å². The topological polar surface area (TPSA) is 30.7 Å². The summed E-state index contributed by atoms with van der Waals surface area (Å²) in [5, 5.41) is 4.61. The fourth-order valence-corrected chi connectivity index (χ4v) is 6.45. The predicted molar refractivity (Wildman–Crippen MR) is 159 cm³/mol. The van der Waals surface area contributed by atoms with Crippen molar-refractivity contribution < 1.29 is 0 Å². The third kappa shape index (κ3) is 2.72. The molecule has 8 aromatic rings. The van der Waals surface area contributed by atoms with Crippen molar-refractivity contribution in [3.63, 3.8) is 0 Å². The highest BCUT2D eigenvalue weighted by Crippen LogP contribution is 2.48. The SMILES string of the molecule is c1cc2c3c(ccc(-c4cccc(-n5c6cccnc6c6ccc7ncccc7c65)c4)c3c#1)-c1ccccc1-2. The summed E-state index contributed by atoms with van der Waals surface area (Å²) in [6.07, 6.45) is 3.72. The molecule has 9 rings (SSSR count). The Morgan fingerprint density at radius 2 is 1.46 bits per heavy atom. The van der Waals surface area contributed by atoms with Crippen molar-refractivity contribution in [2.24, 2.45) is 0 Å². The van der Waals surface area contributed by atoms with Gasteiger partial charge in [-0.3, -0.25) is 9.97 Å². The first kappa shape index (κ1) is 20.6. The van der Waals surface area contributed by atoms with E-state index in [2.05, 4.69) is 113 Å². The summed E-state index contributed by atoms with van der Waals surface area (Å²) >= 11 is 0. The molecule has 0 fully saturated rings. The summed E-state index contributed by atoms with van der Waals surface area (Å²) < 4.78 is 2.33. The molecule has 0 N–H and O–H groups in total. The lowest BCUT2D eigenvalue weighted by Gasteiger charge is -2.12. The highest BCUT2D eigenvalue weighted by Gasteiger charge is 2.23. The van der Waals surface area contributed by atoms with Crippen molar-refractivity contribution in [1.82, 2.24) is 14.5 Å². The summed E-state index contributed by atoms with van der Waals surface area (Å²) in [7, 11) is 0. The molecule has 1 aliphatic rings. The smallest absolute Gasteiger partial charge is 0.0963 e. The van der Waals surface area contributed by atoms with Crippen LogP contribution in [0.3, 0.4) is 0 Å². The van der Waals surface area contributed by atoms with Gasteiger partial charge in [-0.1, -0.05) is 60.7 Å². The van der Waals surface area contributed by atoms with E-state index in [0.29, 0.717) is 0 Å². The third-order valence-electron chi connectivity index (χ3n) is 8.07. The lowest BCUT2D eigenvalue weighted by atomic mass is 9.95. The van der Waals surface area contributed by atoms with Crippen molar-refractivity contribution in [3.8, 4) is 39.1 Å². The van der Waals surface area contributed by atoms with Gasteiger partial charge in [-0.05, 0) is 88.0 Å². The number of aromatic nitrogens is 3. The van der Waals surface area contributed by atoms with Gasteiger partial charge in [0.2, 0.25) is 0 Å². The molecule has 3 aromatic heterocycles. The first-order valence-corrected chi connectivity index (χ1v) is 13.1. The molecule has 3 nitrogen and oxygen atoms in total. The van der Waals surface area contributed by atoms with E-state index in [1.54, 1.807) is 0 Å². The van der Waals surface area contributed by atoms with Crippen LogP contribution in [0, 0.1) is 12.1 Å². The van der Waals surface area contributed by atoms with E-state index < -0.39 is 0 Å². The molecule has 5 aromatic carbocycles. The summed E-state index contributed by atoms with van der Waals surface area (Å²) in [6.45, 7) is 0. The van der Waals surface area contributed by atoms with E-state index in [1.807, 2.05) is 24.5 Å². The maximum atomic E-state index is 4.78. The molecule has 0 aliphatic heterocycles. The molecular weight excluding hydrogens is 474 g/mol. The Hall–Kier alpha value is -5.46. The fourth-order valence-electron chi connectivity index (χ4n) is 6.45. The zero-order valence-electron chi connectivity index (χ0n) is 20.8. The number of fused-ring (bicyclic) bond motifs is 8. The number of nitrogens with zero attached hydrogens (tertiary/aromatic N) is 3. The number of rotatable bonds is 2. The van der Waals surface area contributed by atoms with Crippen LogP contribution in [-0.4, -0.2) is 14.5 Å². The van der Waals surface area contributed by atoms with E-state index in [1.165, 1.54) is 27.6 Å². The van der Waals surface area contributed by atoms with Crippen molar-refractivity contribution in [3.05, 3.63) is 128 Å². The highest BCUT2D eigenvalue weighted by atomic mass is 15.0. The molecule has 0 saturated heterocycles. The van der Waals surface area contributed by atoms with E-state index in [4.69, 9.17) is 4.98 Å². The molecule has 0 atom stereocenters. The monoisotopic (exact) mass is 493 g/mol. The second-order valence-corrected chi connectivity index (χ2v) is 10.1. The number of pyridine rings is 2. The predicted octanol–water partition coefficient (Wildman–Crippen LogP) is 8.79. The summed E-state index contributed by atoms with van der Waals surface area (Å²) in [4.78, 5) is 9.41. The minimum absolute atomic E-state index is 0.974. The van der Waals surface area contributed by atoms with Gasteiger partial charge in [-0.25, -0.2) is 0 Å². The van der Waals surface area contributed by atoms with Gasteiger partial charge in [0, 0.05) is 39.6 Å². The molecule has 0 saturated carbocycles. The summed E-state index contributed by atoms with van der Waals surface area (Å²) in [5.74, 6) is 0. The highest BCUT2D eigenvalue weighted by molar-refractivity contribution is 6.19. The van der Waals surface area contributed by atoms with Crippen LogP contribution in [0.1, 0.15) is 0 Å². The van der Waals surface area contributed by atoms with Crippen molar-refractivity contribution in [2.45, 2.75) is 0 Å². The van der Waals surface area contributed by atoms with Crippen molar-refractivity contribution in [2.75, 3.05) is 0 Å². The van der Waals surface area contributed by atoms with E-state index >= 15 is 0 Å². The molecule has 39 heavy (non-hydrogen) atoms. The molecular formula is C36H19N3. The van der Waals surface area contributed by atoms with Crippen LogP contribution in [0.5, 0.6) is 0 Å². The molecule has 1 aliphatic carbocycles. The maximum Gasteiger partial charge on any atom is 0.0963 e. The quantitative estimate of drug-likeness (QED) is 0.241. The number of hydrogen-bond donors (Lipinski definition) is 0. The van der Waals surface area contributed by atoms with Gasteiger partial charge in [0.25, 0.3) is 0 Å². The van der Waals surface area contributed by atoms with Gasteiger partial charge in [-0.2, -0.15) is 0 Å². The Morgan fingerprint density at radius 1 is 0.615 bits per heavy atom. The average Bonchev–Trinajstić information content (AvgIpc) is 3.52. The number of benzene rings is 4. The molecule has 0 amide bonds. The van der Waals surface area contributed by atoms with Crippen LogP contribution in [-0.2, 0) is 0 Å². The Bertz CT molecular complexity index is 2260. The third-order valence-corrected chi connectivity index (χ3v) is 8.07. The maximum absolute atomic E-state index is 4.78. The van der Waals surface area contributed by atoms with Crippen LogP contribution in [0.25, 0.3) is 82.7 Å². The Balaban J connectivity index is 1.33. The van der Waals surface area contributed by atoms with Gasteiger partial charge in [0.15, 0.2) is 0 Å². The molecule has 0 unspecified atom stereocenters. The molecule has 178 valence electrons. The van der Waals surface area contributed by atoms with E-state index in [-0.39, 0.29) is 0 Å². The van der Waals surface area contributed by atoms with E-state index in [0.717, 1.165) is 55.0 Å². The largest absolute Gasteiger partial charge is 0.307 e. The average molecular weight is 494 g/mol. The number of hydrogen-bond acceptors (Lipinski definition) is 2. The fraction of sp³-hybridized carbons (Fsp3) is 0. The standard InChI is InChI=1S/C36H19N3/c1-2-10-26-25(9-1)28-12-4-11-27-24(15-16-29(26)34(27)28)22-7-3-8-23(21-22)39-33-14-6-20-38-35(33)31-17-18-32-30(36(31)39)13-5-19-37-32/h1-3,5-10,12-21H. The van der Waals surface area contributed by atoms with Crippen LogP contribution < -0.4 is 0 Å². The molecule has 3 heteroatoms. The zero-order chi connectivity index (χ0) is 25.5. The zero-order valence-corrected chi connectivity index (χ0v) is 20.8. The molecule has 0 spiro atoms. The van der Waals surface area contributed by atoms with Gasteiger partial charge in [0.05, 0.1) is 22.1 Å². The normalized spacial score (nSPS) is 11.9. The second kappa shape index (κ2) is 7.54. The van der Waals surface area contributed by atoms with Gasteiger partial charge < -0.3 is 4.57 Å². The van der Waals surface area contributed by atoms with Crippen LogP contribution in [0.15, 0.2) is 116 Å². The second-order valence-electron chi connectivity index (χ2n) is 10.1. The van der Waals surface area contributed by atoms with Crippen molar-refractivity contribution in [1.29, 1.82) is 0 Å². The minimum atomic E-state index is 0.974. The summed E-state index contributed by atoms with van der Waals surface area (Å²) in [5.41, 5.74) is 12.6. The molecule has 0 radical (unpaired) electrons. The minimum Gasteiger partial charge on any atom is -0.307 e.